The van der Waals surface area contributed by atoms with Gasteiger partial charge in [0.2, 0.25) is 0 Å². The second kappa shape index (κ2) is 5.32. The van der Waals surface area contributed by atoms with Crippen molar-refractivity contribution in [3.05, 3.63) is 16.8 Å². The quantitative estimate of drug-likeness (QED) is 0.894. The van der Waals surface area contributed by atoms with Crippen molar-refractivity contribution in [2.75, 3.05) is 5.32 Å². The molecule has 0 radical (unpaired) electrons. The zero-order valence-electron chi connectivity index (χ0n) is 11.8. The zero-order chi connectivity index (χ0) is 13.4. The maximum absolute atomic E-state index is 4.57. The van der Waals surface area contributed by atoms with E-state index in [-0.39, 0.29) is 0 Å². The van der Waals surface area contributed by atoms with Crippen molar-refractivity contribution in [3.8, 4) is 0 Å². The molecule has 0 unspecified atom stereocenters. The number of hydrogen-bond acceptors (Lipinski definition) is 4. The molecule has 4 rings (SSSR count). The van der Waals surface area contributed by atoms with E-state index in [0.29, 0.717) is 6.04 Å². The summed E-state index contributed by atoms with van der Waals surface area (Å²) in [7, 11) is 0. The molecule has 3 nitrogen and oxygen atoms in total. The van der Waals surface area contributed by atoms with Gasteiger partial charge in [0.05, 0.1) is 5.39 Å². The maximum Gasteiger partial charge on any atom is 0.138 e. The summed E-state index contributed by atoms with van der Waals surface area (Å²) >= 11 is 1.88. The summed E-state index contributed by atoms with van der Waals surface area (Å²) in [6.07, 6.45) is 13.5. The molecule has 0 aliphatic heterocycles. The van der Waals surface area contributed by atoms with E-state index < -0.39 is 0 Å². The van der Waals surface area contributed by atoms with Crippen LogP contribution in [-0.2, 0) is 12.8 Å². The van der Waals surface area contributed by atoms with Gasteiger partial charge in [0.25, 0.3) is 0 Å². The van der Waals surface area contributed by atoms with Gasteiger partial charge in [0, 0.05) is 10.9 Å². The first-order valence-corrected chi connectivity index (χ1v) is 8.75. The molecule has 2 heterocycles. The van der Waals surface area contributed by atoms with Gasteiger partial charge in [0.15, 0.2) is 0 Å². The van der Waals surface area contributed by atoms with Crippen molar-refractivity contribution in [2.24, 2.45) is 0 Å². The lowest BCUT2D eigenvalue weighted by atomic mass is 9.94. The molecule has 2 aliphatic rings. The Balaban J connectivity index is 1.72. The summed E-state index contributed by atoms with van der Waals surface area (Å²) in [6, 6.07) is 0.612. The average molecular weight is 287 g/mol. The molecule has 0 amide bonds. The van der Waals surface area contributed by atoms with Crippen LogP contribution in [0, 0.1) is 0 Å². The lowest BCUT2D eigenvalue weighted by Crippen LogP contribution is -2.23. The Kier molecular flexibility index (Phi) is 3.34. The van der Waals surface area contributed by atoms with Crippen LogP contribution in [0.15, 0.2) is 6.33 Å². The second-order valence-electron chi connectivity index (χ2n) is 6.09. The third-order valence-electron chi connectivity index (χ3n) is 4.70. The molecular formula is C16H21N3S. The molecule has 0 atom stereocenters. The van der Waals surface area contributed by atoms with E-state index in [2.05, 4.69) is 15.3 Å². The molecule has 20 heavy (non-hydrogen) atoms. The summed E-state index contributed by atoms with van der Waals surface area (Å²) in [4.78, 5) is 11.8. The van der Waals surface area contributed by atoms with Crippen LogP contribution in [0.5, 0.6) is 0 Å². The number of hydrogen-bond donors (Lipinski definition) is 1. The molecule has 0 saturated heterocycles. The molecule has 1 fully saturated rings. The number of aromatic nitrogens is 2. The number of nitrogens with one attached hydrogen (secondary N) is 1. The van der Waals surface area contributed by atoms with E-state index in [1.807, 2.05) is 11.3 Å². The standard InChI is InChI=1S/C16H21N3S/c1-2-6-11(7-3-1)19-15-14-12-8-4-5-9-13(12)20-16(14)18-10-17-15/h10-11H,1-9H2,(H,17,18,19). The predicted molar refractivity (Wildman–Crippen MR) is 84.6 cm³/mol. The molecule has 0 aromatic carbocycles. The average Bonchev–Trinajstić information content (AvgIpc) is 2.88. The fraction of sp³-hybridized carbons (Fsp3) is 0.625. The van der Waals surface area contributed by atoms with E-state index in [0.717, 1.165) is 5.82 Å². The number of rotatable bonds is 2. The summed E-state index contributed by atoms with van der Waals surface area (Å²) in [5.41, 5.74) is 1.54. The second-order valence-corrected chi connectivity index (χ2v) is 7.18. The molecule has 1 N–H and O–H groups in total. The minimum Gasteiger partial charge on any atom is -0.367 e. The molecule has 2 aromatic heterocycles. The molecular weight excluding hydrogens is 266 g/mol. The number of thiophene rings is 1. The molecule has 2 aromatic rings. The van der Waals surface area contributed by atoms with Crippen LogP contribution in [0.2, 0.25) is 0 Å². The van der Waals surface area contributed by atoms with Crippen LogP contribution >= 0.6 is 11.3 Å². The van der Waals surface area contributed by atoms with Crippen LogP contribution in [0.25, 0.3) is 10.2 Å². The molecule has 4 heteroatoms. The first-order chi connectivity index (χ1) is 9.92. The molecule has 0 spiro atoms. The minimum atomic E-state index is 0.612. The van der Waals surface area contributed by atoms with Crippen LogP contribution in [-0.4, -0.2) is 16.0 Å². The van der Waals surface area contributed by atoms with E-state index in [1.54, 1.807) is 11.2 Å². The van der Waals surface area contributed by atoms with Crippen molar-refractivity contribution in [1.82, 2.24) is 9.97 Å². The van der Waals surface area contributed by atoms with Crippen molar-refractivity contribution < 1.29 is 0 Å². The smallest absolute Gasteiger partial charge is 0.138 e. The highest BCUT2D eigenvalue weighted by Gasteiger charge is 2.21. The monoisotopic (exact) mass is 287 g/mol. The number of nitrogens with zero attached hydrogens (tertiary/aromatic N) is 2. The van der Waals surface area contributed by atoms with Gasteiger partial charge >= 0.3 is 0 Å². The molecule has 106 valence electrons. The van der Waals surface area contributed by atoms with Gasteiger partial charge < -0.3 is 5.32 Å². The van der Waals surface area contributed by atoms with Crippen molar-refractivity contribution in [1.29, 1.82) is 0 Å². The van der Waals surface area contributed by atoms with Gasteiger partial charge in [-0.15, -0.1) is 11.3 Å². The van der Waals surface area contributed by atoms with Gasteiger partial charge in [-0.2, -0.15) is 0 Å². The summed E-state index contributed by atoms with van der Waals surface area (Å²) in [5, 5.41) is 5.05. The Bertz CT molecular complexity index is 613. The van der Waals surface area contributed by atoms with Crippen molar-refractivity contribution in [2.45, 2.75) is 63.8 Å². The fourth-order valence-electron chi connectivity index (χ4n) is 3.64. The van der Waals surface area contributed by atoms with E-state index in [1.165, 1.54) is 73.6 Å². The van der Waals surface area contributed by atoms with E-state index in [4.69, 9.17) is 0 Å². The normalized spacial score (nSPS) is 20.0. The Labute approximate surface area is 123 Å². The van der Waals surface area contributed by atoms with Gasteiger partial charge in [-0.3, -0.25) is 0 Å². The number of aryl methyl sites for hydroxylation is 2. The fourth-order valence-corrected chi connectivity index (χ4v) is 4.87. The lowest BCUT2D eigenvalue weighted by molar-refractivity contribution is 0.462. The minimum absolute atomic E-state index is 0.612. The summed E-state index contributed by atoms with van der Waals surface area (Å²) < 4.78 is 0. The first kappa shape index (κ1) is 12.6. The van der Waals surface area contributed by atoms with Crippen LogP contribution in [0.3, 0.4) is 0 Å². The highest BCUT2D eigenvalue weighted by atomic mass is 32.1. The van der Waals surface area contributed by atoms with E-state index in [9.17, 15) is 0 Å². The summed E-state index contributed by atoms with van der Waals surface area (Å²) in [6.45, 7) is 0. The summed E-state index contributed by atoms with van der Waals surface area (Å²) in [5.74, 6) is 1.10. The molecule has 1 saturated carbocycles. The van der Waals surface area contributed by atoms with Crippen LogP contribution in [0.4, 0.5) is 5.82 Å². The Morgan fingerprint density at radius 2 is 1.85 bits per heavy atom. The van der Waals surface area contributed by atoms with Crippen molar-refractivity contribution >= 4 is 27.4 Å². The third kappa shape index (κ3) is 2.20. The number of anilines is 1. The first-order valence-electron chi connectivity index (χ1n) is 7.93. The third-order valence-corrected chi connectivity index (χ3v) is 5.90. The van der Waals surface area contributed by atoms with Gasteiger partial charge in [-0.1, -0.05) is 19.3 Å². The largest absolute Gasteiger partial charge is 0.367 e. The van der Waals surface area contributed by atoms with Crippen LogP contribution in [0.1, 0.15) is 55.4 Å². The van der Waals surface area contributed by atoms with E-state index >= 15 is 0 Å². The van der Waals surface area contributed by atoms with Gasteiger partial charge in [-0.05, 0) is 44.1 Å². The van der Waals surface area contributed by atoms with Crippen LogP contribution < -0.4 is 5.32 Å². The SMILES string of the molecule is c1nc(NC2CCCCC2)c2c3c(sc2n1)CCCC3. The van der Waals surface area contributed by atoms with Crippen molar-refractivity contribution in [3.63, 3.8) is 0 Å². The number of fused-ring (bicyclic) bond motifs is 3. The Morgan fingerprint density at radius 3 is 2.75 bits per heavy atom. The highest BCUT2D eigenvalue weighted by molar-refractivity contribution is 7.19. The molecule has 0 bridgehead atoms. The highest BCUT2D eigenvalue weighted by Crippen LogP contribution is 2.38. The predicted octanol–water partition coefficient (Wildman–Crippen LogP) is 4.31. The van der Waals surface area contributed by atoms with Gasteiger partial charge in [-0.25, -0.2) is 9.97 Å². The molecule has 2 aliphatic carbocycles. The zero-order valence-corrected chi connectivity index (χ0v) is 12.6. The topological polar surface area (TPSA) is 37.8 Å². The Morgan fingerprint density at radius 1 is 1.00 bits per heavy atom. The van der Waals surface area contributed by atoms with Gasteiger partial charge in [0.1, 0.15) is 17.0 Å². The Hall–Kier alpha value is -1.16. The maximum atomic E-state index is 4.57. The lowest BCUT2D eigenvalue weighted by Gasteiger charge is -2.23.